The Bertz CT molecular complexity index is 485. The van der Waals surface area contributed by atoms with Gasteiger partial charge in [-0.2, -0.15) is 5.10 Å². The number of hydrogen-bond donors (Lipinski definition) is 1. The van der Waals surface area contributed by atoms with Crippen molar-refractivity contribution in [2.24, 2.45) is 5.73 Å². The van der Waals surface area contributed by atoms with Gasteiger partial charge < -0.3 is 10.5 Å². The van der Waals surface area contributed by atoms with Crippen LogP contribution in [-0.2, 0) is 6.54 Å². The number of nitrogens with zero attached hydrogens (tertiary/aromatic N) is 2. The van der Waals surface area contributed by atoms with Gasteiger partial charge in [0.25, 0.3) is 0 Å². The van der Waals surface area contributed by atoms with Crippen LogP contribution in [0.5, 0.6) is 5.75 Å². The maximum Gasteiger partial charge on any atom is 0.119 e. The Morgan fingerprint density at radius 2 is 2.17 bits per heavy atom. The van der Waals surface area contributed by atoms with Crippen LogP contribution in [0, 0.1) is 0 Å². The maximum absolute atomic E-state index is 5.49. The summed E-state index contributed by atoms with van der Waals surface area (Å²) in [5.74, 6) is 0.886. The van der Waals surface area contributed by atoms with E-state index in [9.17, 15) is 0 Å². The Morgan fingerprint density at radius 1 is 1.33 bits per heavy atom. The van der Waals surface area contributed by atoms with Crippen molar-refractivity contribution >= 4 is 12.4 Å². The van der Waals surface area contributed by atoms with Crippen molar-refractivity contribution in [3.63, 3.8) is 0 Å². The SMILES string of the molecule is CCOc1cccc(-c2cnn(CCN)c2)c1.Cl. The third-order valence-corrected chi connectivity index (χ3v) is 2.47. The number of hydrogen-bond acceptors (Lipinski definition) is 3. The molecule has 98 valence electrons. The van der Waals surface area contributed by atoms with Gasteiger partial charge in [0.15, 0.2) is 0 Å². The minimum atomic E-state index is 0. The monoisotopic (exact) mass is 267 g/mol. The number of halogens is 1. The summed E-state index contributed by atoms with van der Waals surface area (Å²) in [6.45, 7) is 3.99. The van der Waals surface area contributed by atoms with E-state index in [4.69, 9.17) is 10.5 Å². The van der Waals surface area contributed by atoms with Crippen LogP contribution < -0.4 is 10.5 Å². The molecule has 0 saturated carbocycles. The number of rotatable bonds is 5. The van der Waals surface area contributed by atoms with Crippen molar-refractivity contribution in [2.45, 2.75) is 13.5 Å². The number of nitrogens with two attached hydrogens (primary N) is 1. The van der Waals surface area contributed by atoms with E-state index in [-0.39, 0.29) is 12.4 Å². The van der Waals surface area contributed by atoms with E-state index in [1.54, 1.807) is 0 Å². The fourth-order valence-corrected chi connectivity index (χ4v) is 1.70. The lowest BCUT2D eigenvalue weighted by Gasteiger charge is -2.04. The lowest BCUT2D eigenvalue weighted by Crippen LogP contribution is -2.09. The largest absolute Gasteiger partial charge is 0.494 e. The second-order valence-corrected chi connectivity index (χ2v) is 3.74. The van der Waals surface area contributed by atoms with Crippen molar-refractivity contribution in [2.75, 3.05) is 13.2 Å². The summed E-state index contributed by atoms with van der Waals surface area (Å²) < 4.78 is 7.32. The first-order valence-corrected chi connectivity index (χ1v) is 5.79. The van der Waals surface area contributed by atoms with Gasteiger partial charge in [-0.1, -0.05) is 12.1 Å². The fourth-order valence-electron chi connectivity index (χ4n) is 1.70. The molecule has 0 radical (unpaired) electrons. The molecular formula is C13H18ClN3O. The standard InChI is InChI=1S/C13H17N3O.ClH/c1-2-17-13-5-3-4-11(8-13)12-9-15-16(10-12)7-6-14;/h3-5,8-10H,2,6-7,14H2,1H3;1H. The van der Waals surface area contributed by atoms with E-state index in [1.165, 1.54) is 0 Å². The molecule has 0 fully saturated rings. The predicted octanol–water partition coefficient (Wildman–Crippen LogP) is 2.33. The minimum absolute atomic E-state index is 0. The smallest absolute Gasteiger partial charge is 0.119 e. The van der Waals surface area contributed by atoms with E-state index in [0.29, 0.717) is 13.2 Å². The highest BCUT2D eigenvalue weighted by Gasteiger charge is 2.02. The number of ether oxygens (including phenoxy) is 1. The quantitative estimate of drug-likeness (QED) is 0.905. The van der Waals surface area contributed by atoms with Crippen LogP contribution >= 0.6 is 12.4 Å². The van der Waals surface area contributed by atoms with E-state index in [2.05, 4.69) is 5.10 Å². The van der Waals surface area contributed by atoms with Gasteiger partial charge in [-0.25, -0.2) is 0 Å². The Hall–Kier alpha value is -1.52. The minimum Gasteiger partial charge on any atom is -0.494 e. The summed E-state index contributed by atoms with van der Waals surface area (Å²) in [5.41, 5.74) is 7.69. The van der Waals surface area contributed by atoms with Crippen molar-refractivity contribution in [1.82, 2.24) is 9.78 Å². The molecule has 1 aromatic carbocycles. The highest BCUT2D eigenvalue weighted by atomic mass is 35.5. The Labute approximate surface area is 113 Å². The predicted molar refractivity (Wildman–Crippen MR) is 75.1 cm³/mol. The third-order valence-electron chi connectivity index (χ3n) is 2.47. The normalized spacial score (nSPS) is 9.89. The molecule has 0 amide bonds. The van der Waals surface area contributed by atoms with Gasteiger partial charge in [-0.15, -0.1) is 12.4 Å². The lowest BCUT2D eigenvalue weighted by atomic mass is 10.1. The summed E-state index contributed by atoms with van der Waals surface area (Å²) in [6, 6.07) is 8.01. The summed E-state index contributed by atoms with van der Waals surface area (Å²) in [4.78, 5) is 0. The molecule has 5 heteroatoms. The van der Waals surface area contributed by atoms with E-state index in [1.807, 2.05) is 48.3 Å². The van der Waals surface area contributed by atoms with Gasteiger partial charge in [0.2, 0.25) is 0 Å². The molecule has 1 heterocycles. The van der Waals surface area contributed by atoms with Crippen LogP contribution in [0.25, 0.3) is 11.1 Å². The molecule has 0 unspecified atom stereocenters. The fraction of sp³-hybridized carbons (Fsp3) is 0.308. The molecule has 2 rings (SSSR count). The van der Waals surface area contributed by atoms with E-state index in [0.717, 1.165) is 23.4 Å². The van der Waals surface area contributed by atoms with Crippen LogP contribution in [-0.4, -0.2) is 22.9 Å². The molecule has 0 aliphatic heterocycles. The molecule has 2 aromatic rings. The zero-order valence-electron chi connectivity index (χ0n) is 10.4. The van der Waals surface area contributed by atoms with Crippen LogP contribution in [0.1, 0.15) is 6.92 Å². The Balaban J connectivity index is 0.00000162. The molecule has 0 bridgehead atoms. The van der Waals surface area contributed by atoms with Crippen molar-refractivity contribution in [3.05, 3.63) is 36.7 Å². The molecule has 0 atom stereocenters. The number of benzene rings is 1. The van der Waals surface area contributed by atoms with Crippen LogP contribution in [0.2, 0.25) is 0 Å². The van der Waals surface area contributed by atoms with Crippen LogP contribution in [0.3, 0.4) is 0 Å². The van der Waals surface area contributed by atoms with Crippen LogP contribution in [0.15, 0.2) is 36.7 Å². The molecule has 0 spiro atoms. The maximum atomic E-state index is 5.49. The topological polar surface area (TPSA) is 53.1 Å². The molecule has 4 nitrogen and oxygen atoms in total. The second-order valence-electron chi connectivity index (χ2n) is 3.74. The first kappa shape index (κ1) is 14.5. The summed E-state index contributed by atoms with van der Waals surface area (Å²) in [6.07, 6.45) is 3.85. The zero-order valence-corrected chi connectivity index (χ0v) is 11.2. The summed E-state index contributed by atoms with van der Waals surface area (Å²) in [7, 11) is 0. The molecule has 2 N–H and O–H groups in total. The molecule has 1 aromatic heterocycles. The molecule has 18 heavy (non-hydrogen) atoms. The number of aromatic nitrogens is 2. The van der Waals surface area contributed by atoms with Gasteiger partial charge >= 0.3 is 0 Å². The van der Waals surface area contributed by atoms with Gasteiger partial charge in [0.05, 0.1) is 19.3 Å². The Kier molecular flexibility index (Phi) is 5.68. The third kappa shape index (κ3) is 3.48. The van der Waals surface area contributed by atoms with Gasteiger partial charge in [-0.3, -0.25) is 4.68 Å². The lowest BCUT2D eigenvalue weighted by molar-refractivity contribution is 0.340. The van der Waals surface area contributed by atoms with Crippen LogP contribution in [0.4, 0.5) is 0 Å². The van der Waals surface area contributed by atoms with Gasteiger partial charge in [0.1, 0.15) is 5.75 Å². The second kappa shape index (κ2) is 7.03. The molecule has 0 aliphatic rings. The van der Waals surface area contributed by atoms with E-state index >= 15 is 0 Å². The van der Waals surface area contributed by atoms with E-state index < -0.39 is 0 Å². The highest BCUT2D eigenvalue weighted by Crippen LogP contribution is 2.23. The average molecular weight is 268 g/mol. The molecule has 0 saturated heterocycles. The Morgan fingerprint density at radius 3 is 2.89 bits per heavy atom. The van der Waals surface area contributed by atoms with Crippen molar-refractivity contribution in [1.29, 1.82) is 0 Å². The first-order chi connectivity index (χ1) is 8.33. The molecular weight excluding hydrogens is 250 g/mol. The van der Waals surface area contributed by atoms with Crippen molar-refractivity contribution < 1.29 is 4.74 Å². The first-order valence-electron chi connectivity index (χ1n) is 5.79. The summed E-state index contributed by atoms with van der Waals surface area (Å²) >= 11 is 0. The zero-order chi connectivity index (χ0) is 12.1. The van der Waals surface area contributed by atoms with Crippen molar-refractivity contribution in [3.8, 4) is 16.9 Å². The van der Waals surface area contributed by atoms with Gasteiger partial charge in [-0.05, 0) is 24.6 Å². The van der Waals surface area contributed by atoms with Gasteiger partial charge in [0, 0.05) is 18.3 Å². The molecule has 0 aliphatic carbocycles. The highest BCUT2D eigenvalue weighted by molar-refractivity contribution is 5.85. The summed E-state index contributed by atoms with van der Waals surface area (Å²) in [5, 5.41) is 4.25. The average Bonchev–Trinajstić information content (AvgIpc) is 2.79.